The molecule has 0 aromatic carbocycles. The van der Waals surface area contributed by atoms with E-state index in [0.29, 0.717) is 23.5 Å². The van der Waals surface area contributed by atoms with Crippen molar-refractivity contribution in [1.29, 1.82) is 5.26 Å². The Kier molecular flexibility index (Phi) is 5.76. The molecule has 188 valence electrons. The van der Waals surface area contributed by atoms with Crippen LogP contribution >= 0.6 is 0 Å². The zero-order valence-corrected chi connectivity index (χ0v) is 19.1. The van der Waals surface area contributed by atoms with Crippen LogP contribution in [0.3, 0.4) is 0 Å². The van der Waals surface area contributed by atoms with E-state index in [-0.39, 0.29) is 35.0 Å². The van der Waals surface area contributed by atoms with E-state index in [9.17, 15) is 23.2 Å². The SMILES string of the molecule is Cn1c(Nc2cc(C(F)(F)F)cn(CCO)c2=O)nc2ncc(Oc3cnn4ccccc34)c(C#N)c21. The second kappa shape index (κ2) is 8.95. The van der Waals surface area contributed by atoms with Gasteiger partial charge in [-0.1, -0.05) is 6.07 Å². The first-order chi connectivity index (χ1) is 17.7. The van der Waals surface area contributed by atoms with E-state index in [2.05, 4.69) is 26.5 Å². The maximum atomic E-state index is 13.4. The van der Waals surface area contributed by atoms with Gasteiger partial charge in [-0.05, 0) is 18.2 Å². The number of pyridine rings is 3. The van der Waals surface area contributed by atoms with Crippen LogP contribution in [0.1, 0.15) is 11.1 Å². The normalized spacial score (nSPS) is 11.7. The van der Waals surface area contributed by atoms with Crippen molar-refractivity contribution in [2.75, 3.05) is 11.9 Å². The molecule has 11 nitrogen and oxygen atoms in total. The predicted octanol–water partition coefficient (Wildman–Crippen LogP) is 3.20. The first-order valence-corrected chi connectivity index (χ1v) is 10.8. The van der Waals surface area contributed by atoms with Crippen molar-refractivity contribution in [3.05, 3.63) is 70.5 Å². The van der Waals surface area contributed by atoms with E-state index >= 15 is 0 Å². The molecule has 0 saturated carbocycles. The molecule has 0 aliphatic rings. The van der Waals surface area contributed by atoms with Crippen LogP contribution in [0.5, 0.6) is 11.5 Å². The van der Waals surface area contributed by atoms with E-state index in [1.54, 1.807) is 28.9 Å². The van der Waals surface area contributed by atoms with Gasteiger partial charge in [-0.25, -0.2) is 9.50 Å². The fourth-order valence-electron chi connectivity index (χ4n) is 3.83. The number of nitriles is 1. The summed E-state index contributed by atoms with van der Waals surface area (Å²) < 4.78 is 49.9. The fourth-order valence-corrected chi connectivity index (χ4v) is 3.83. The van der Waals surface area contributed by atoms with E-state index in [4.69, 9.17) is 9.84 Å². The Hall–Kier alpha value is -4.90. The molecule has 5 heterocycles. The highest BCUT2D eigenvalue weighted by molar-refractivity contribution is 5.84. The smallest absolute Gasteiger partial charge is 0.417 e. The number of imidazole rings is 1. The van der Waals surface area contributed by atoms with Crippen LogP contribution in [0.25, 0.3) is 16.7 Å². The number of nitrogens with one attached hydrogen (secondary N) is 1. The molecule has 37 heavy (non-hydrogen) atoms. The van der Waals surface area contributed by atoms with Crippen LogP contribution in [0, 0.1) is 11.3 Å². The third-order valence-corrected chi connectivity index (χ3v) is 5.59. The number of hydrogen-bond acceptors (Lipinski definition) is 8. The third-order valence-electron chi connectivity index (χ3n) is 5.59. The van der Waals surface area contributed by atoms with Crippen LogP contribution in [-0.4, -0.2) is 40.4 Å². The number of aliphatic hydroxyl groups is 1. The maximum absolute atomic E-state index is 13.4. The average Bonchev–Trinajstić information content (AvgIpc) is 3.42. The Labute approximate surface area is 205 Å². The van der Waals surface area contributed by atoms with Crippen molar-refractivity contribution < 1.29 is 23.0 Å². The summed E-state index contributed by atoms with van der Waals surface area (Å²) in [5.74, 6) is 0.471. The molecule has 0 radical (unpaired) electrons. The van der Waals surface area contributed by atoms with Crippen LogP contribution in [0.15, 0.2) is 53.8 Å². The van der Waals surface area contributed by atoms with Crippen LogP contribution < -0.4 is 15.6 Å². The summed E-state index contributed by atoms with van der Waals surface area (Å²) in [6.45, 7) is -0.859. The summed E-state index contributed by atoms with van der Waals surface area (Å²) in [6, 6.07) is 8.10. The number of alkyl halides is 3. The molecule has 0 atom stereocenters. The first-order valence-electron chi connectivity index (χ1n) is 10.8. The molecule has 0 spiro atoms. The van der Waals surface area contributed by atoms with Crippen molar-refractivity contribution >= 4 is 28.3 Å². The Morgan fingerprint density at radius 2 is 2.05 bits per heavy atom. The number of rotatable bonds is 6. The molecule has 5 aromatic rings. The Bertz CT molecular complexity index is 1750. The topological polar surface area (TPSA) is 135 Å². The predicted molar refractivity (Wildman–Crippen MR) is 125 cm³/mol. The lowest BCUT2D eigenvalue weighted by Gasteiger charge is -2.14. The molecule has 5 aromatic heterocycles. The maximum Gasteiger partial charge on any atom is 0.417 e. The van der Waals surface area contributed by atoms with Gasteiger partial charge in [0, 0.05) is 26.0 Å². The Morgan fingerprint density at radius 3 is 2.78 bits per heavy atom. The average molecular weight is 510 g/mol. The molecular formula is C23H17F3N8O3. The molecule has 5 rings (SSSR count). The van der Waals surface area contributed by atoms with E-state index in [1.165, 1.54) is 24.0 Å². The van der Waals surface area contributed by atoms with Gasteiger partial charge in [-0.2, -0.15) is 28.5 Å². The summed E-state index contributed by atoms with van der Waals surface area (Å²) >= 11 is 0. The number of anilines is 2. The minimum atomic E-state index is -4.73. The van der Waals surface area contributed by atoms with Crippen LogP contribution in [0.4, 0.5) is 24.8 Å². The lowest BCUT2D eigenvalue weighted by atomic mass is 10.2. The van der Waals surface area contributed by atoms with Crippen molar-refractivity contribution in [2.24, 2.45) is 7.05 Å². The van der Waals surface area contributed by atoms with Gasteiger partial charge in [0.25, 0.3) is 5.56 Å². The second-order valence-corrected chi connectivity index (χ2v) is 7.90. The number of aliphatic hydroxyl groups excluding tert-OH is 1. The van der Waals surface area contributed by atoms with Gasteiger partial charge in [-0.3, -0.25) is 4.79 Å². The number of fused-ring (bicyclic) bond motifs is 2. The molecule has 2 N–H and O–H groups in total. The lowest BCUT2D eigenvalue weighted by Crippen LogP contribution is -2.26. The van der Waals surface area contributed by atoms with Crippen molar-refractivity contribution in [2.45, 2.75) is 12.7 Å². The van der Waals surface area contributed by atoms with Crippen molar-refractivity contribution in [3.8, 4) is 17.6 Å². The summed E-state index contributed by atoms with van der Waals surface area (Å²) in [6.07, 6.45) is 0.437. The van der Waals surface area contributed by atoms with E-state index in [1.807, 2.05) is 0 Å². The molecule has 0 saturated heterocycles. The van der Waals surface area contributed by atoms with Crippen LogP contribution in [0.2, 0.25) is 0 Å². The molecule has 0 aliphatic carbocycles. The summed E-state index contributed by atoms with van der Waals surface area (Å²) in [4.78, 5) is 21.2. The second-order valence-electron chi connectivity index (χ2n) is 7.90. The highest BCUT2D eigenvalue weighted by Crippen LogP contribution is 2.34. The number of ether oxygens (including phenoxy) is 1. The largest absolute Gasteiger partial charge is 0.450 e. The molecule has 0 unspecified atom stereocenters. The van der Waals surface area contributed by atoms with Crippen molar-refractivity contribution in [3.63, 3.8) is 0 Å². The monoisotopic (exact) mass is 510 g/mol. The summed E-state index contributed by atoms with van der Waals surface area (Å²) in [7, 11) is 1.51. The standard InChI is InChI=1S/C23H17F3N8O3/c1-32-19-14(9-27)17(37-18-11-29-34-5-3-2-4-16(18)34)10-28-20(19)31-22(32)30-15-8-13(23(24,25)26)12-33(6-7-35)21(15)36/h2-5,8,10-12,35H,6-7H2,1H3,(H,28,30,31). The summed E-state index contributed by atoms with van der Waals surface area (Å²) in [5, 5.41) is 25.9. The van der Waals surface area contributed by atoms with Gasteiger partial charge in [0.05, 0.1) is 24.6 Å². The quantitative estimate of drug-likeness (QED) is 0.356. The molecule has 0 fully saturated rings. The number of halogens is 3. The summed E-state index contributed by atoms with van der Waals surface area (Å²) in [5.41, 5.74) is -1.21. The highest BCUT2D eigenvalue weighted by atomic mass is 19.4. The lowest BCUT2D eigenvalue weighted by molar-refractivity contribution is -0.138. The van der Waals surface area contributed by atoms with Gasteiger partial charge in [0.2, 0.25) is 5.95 Å². The van der Waals surface area contributed by atoms with Gasteiger partial charge >= 0.3 is 6.18 Å². The van der Waals surface area contributed by atoms with Gasteiger partial charge in [0.15, 0.2) is 17.1 Å². The van der Waals surface area contributed by atoms with E-state index in [0.717, 1.165) is 4.57 Å². The minimum Gasteiger partial charge on any atom is -0.450 e. The number of aromatic nitrogens is 6. The first kappa shape index (κ1) is 23.8. The zero-order valence-electron chi connectivity index (χ0n) is 19.1. The van der Waals surface area contributed by atoms with Gasteiger partial charge < -0.3 is 24.3 Å². The molecule has 0 aliphatic heterocycles. The van der Waals surface area contributed by atoms with Gasteiger partial charge in [-0.15, -0.1) is 0 Å². The van der Waals surface area contributed by atoms with E-state index < -0.39 is 29.6 Å². The van der Waals surface area contributed by atoms with Gasteiger partial charge in [0.1, 0.15) is 28.4 Å². The fraction of sp³-hybridized carbons (Fsp3) is 0.174. The highest BCUT2D eigenvalue weighted by Gasteiger charge is 2.32. The number of nitrogens with zero attached hydrogens (tertiary/aromatic N) is 7. The Balaban J connectivity index is 1.58. The molecule has 0 amide bonds. The minimum absolute atomic E-state index is 0.0286. The third kappa shape index (κ3) is 4.21. The number of hydrogen-bond donors (Lipinski definition) is 2. The Morgan fingerprint density at radius 1 is 1.24 bits per heavy atom. The zero-order chi connectivity index (χ0) is 26.3. The molecule has 0 bridgehead atoms. The number of aryl methyl sites for hydroxylation is 1. The molecule has 14 heteroatoms. The molecular weight excluding hydrogens is 493 g/mol. The van der Waals surface area contributed by atoms with Crippen molar-refractivity contribution in [1.82, 2.24) is 28.7 Å². The van der Waals surface area contributed by atoms with Crippen LogP contribution in [-0.2, 0) is 19.8 Å².